The van der Waals surface area contributed by atoms with E-state index in [1.807, 2.05) is 42.5 Å². The molecule has 0 bridgehead atoms. The van der Waals surface area contributed by atoms with Gasteiger partial charge in [0.1, 0.15) is 11.5 Å². The number of carbonyl (C=O) groups is 1. The minimum absolute atomic E-state index is 0.172. The monoisotopic (exact) mass is 283 g/mol. The van der Waals surface area contributed by atoms with Crippen molar-refractivity contribution in [3.63, 3.8) is 0 Å². The third-order valence-electron chi connectivity index (χ3n) is 3.87. The first-order valence-corrected chi connectivity index (χ1v) is 7.05. The zero-order valence-corrected chi connectivity index (χ0v) is 11.6. The van der Waals surface area contributed by atoms with Crippen LogP contribution in [0.1, 0.15) is 17.5 Å². The van der Waals surface area contributed by atoms with Crippen molar-refractivity contribution < 1.29 is 14.7 Å². The van der Waals surface area contributed by atoms with Crippen molar-refractivity contribution in [2.24, 2.45) is 5.92 Å². The van der Waals surface area contributed by atoms with Crippen molar-refractivity contribution in [1.29, 1.82) is 0 Å². The Hall–Kier alpha value is -2.33. The minimum Gasteiger partial charge on any atom is -0.457 e. The maximum absolute atomic E-state index is 11.6. The van der Waals surface area contributed by atoms with E-state index < -0.39 is 0 Å². The number of fused-ring (bicyclic) bond motifs is 1. The van der Waals surface area contributed by atoms with E-state index in [-0.39, 0.29) is 11.8 Å². The minimum atomic E-state index is -0.310. The van der Waals surface area contributed by atoms with Crippen molar-refractivity contribution >= 4 is 5.91 Å². The fourth-order valence-corrected chi connectivity index (χ4v) is 2.74. The number of benzene rings is 2. The van der Waals surface area contributed by atoms with E-state index >= 15 is 0 Å². The topological polar surface area (TPSA) is 58.6 Å². The van der Waals surface area contributed by atoms with Crippen LogP contribution >= 0.6 is 0 Å². The summed E-state index contributed by atoms with van der Waals surface area (Å²) in [5, 5.41) is 8.76. The quantitative estimate of drug-likeness (QED) is 0.672. The molecule has 0 saturated carbocycles. The maximum Gasteiger partial charge on any atom is 0.246 e. The van der Waals surface area contributed by atoms with Crippen molar-refractivity contribution in [2.75, 3.05) is 0 Å². The SMILES string of the molecule is O=C(NO)C1CCc2ccc(Oc3ccccc3)cc2C1. The molecule has 0 aromatic heterocycles. The van der Waals surface area contributed by atoms with E-state index in [4.69, 9.17) is 9.94 Å². The molecular formula is C17H17NO3. The first-order chi connectivity index (χ1) is 10.3. The first kappa shape index (κ1) is 13.6. The molecule has 2 aromatic carbocycles. The van der Waals surface area contributed by atoms with Crippen LogP contribution in [0.3, 0.4) is 0 Å². The molecule has 0 radical (unpaired) electrons. The number of amides is 1. The molecule has 0 heterocycles. The van der Waals surface area contributed by atoms with Gasteiger partial charge in [0.25, 0.3) is 0 Å². The van der Waals surface area contributed by atoms with Crippen LogP contribution in [0.5, 0.6) is 11.5 Å². The lowest BCUT2D eigenvalue weighted by molar-refractivity contribution is -0.133. The number of hydroxylamine groups is 1. The molecule has 1 atom stereocenters. The van der Waals surface area contributed by atoms with Gasteiger partial charge in [-0.3, -0.25) is 10.0 Å². The number of hydrogen-bond donors (Lipinski definition) is 2. The first-order valence-electron chi connectivity index (χ1n) is 7.05. The summed E-state index contributed by atoms with van der Waals surface area (Å²) in [6, 6.07) is 15.6. The number of nitrogens with one attached hydrogen (secondary N) is 1. The van der Waals surface area contributed by atoms with Gasteiger partial charge in [-0.05, 0) is 54.7 Å². The zero-order chi connectivity index (χ0) is 14.7. The second-order valence-corrected chi connectivity index (χ2v) is 5.26. The average molecular weight is 283 g/mol. The summed E-state index contributed by atoms with van der Waals surface area (Å²) in [6.45, 7) is 0. The smallest absolute Gasteiger partial charge is 0.246 e. The van der Waals surface area contributed by atoms with E-state index in [1.54, 1.807) is 5.48 Å². The Morgan fingerprint density at radius 2 is 1.90 bits per heavy atom. The number of para-hydroxylation sites is 1. The number of aryl methyl sites for hydroxylation is 1. The lowest BCUT2D eigenvalue weighted by Crippen LogP contribution is -2.31. The van der Waals surface area contributed by atoms with Crippen molar-refractivity contribution in [3.8, 4) is 11.5 Å². The van der Waals surface area contributed by atoms with Gasteiger partial charge in [-0.15, -0.1) is 0 Å². The molecule has 3 rings (SSSR count). The van der Waals surface area contributed by atoms with Crippen LogP contribution in [0.15, 0.2) is 48.5 Å². The molecule has 0 aliphatic heterocycles. The van der Waals surface area contributed by atoms with E-state index in [2.05, 4.69) is 6.07 Å². The van der Waals surface area contributed by atoms with Crippen molar-refractivity contribution in [2.45, 2.75) is 19.3 Å². The Morgan fingerprint density at radius 3 is 2.67 bits per heavy atom. The Bertz CT molecular complexity index is 640. The van der Waals surface area contributed by atoms with Gasteiger partial charge in [-0.2, -0.15) is 0 Å². The summed E-state index contributed by atoms with van der Waals surface area (Å²) < 4.78 is 5.82. The highest BCUT2D eigenvalue weighted by Gasteiger charge is 2.24. The lowest BCUT2D eigenvalue weighted by Gasteiger charge is -2.23. The highest BCUT2D eigenvalue weighted by Crippen LogP contribution is 2.30. The molecule has 1 unspecified atom stereocenters. The van der Waals surface area contributed by atoms with Gasteiger partial charge in [-0.25, -0.2) is 5.48 Å². The molecule has 2 aromatic rings. The maximum atomic E-state index is 11.6. The zero-order valence-electron chi connectivity index (χ0n) is 11.6. The summed E-state index contributed by atoms with van der Waals surface area (Å²) in [7, 11) is 0. The Kier molecular flexibility index (Phi) is 3.88. The molecule has 0 fully saturated rings. The standard InChI is InChI=1S/C17H17NO3/c19-17(18-20)13-7-6-12-8-9-16(11-14(12)10-13)21-15-4-2-1-3-5-15/h1-5,8-9,11,13,20H,6-7,10H2,(H,18,19). The van der Waals surface area contributed by atoms with Crippen LogP contribution in [0.4, 0.5) is 0 Å². The van der Waals surface area contributed by atoms with Crippen LogP contribution in [0.25, 0.3) is 0 Å². The lowest BCUT2D eigenvalue weighted by atomic mass is 9.83. The van der Waals surface area contributed by atoms with Gasteiger partial charge in [0, 0.05) is 5.92 Å². The van der Waals surface area contributed by atoms with Crippen LogP contribution in [-0.4, -0.2) is 11.1 Å². The molecule has 21 heavy (non-hydrogen) atoms. The third-order valence-corrected chi connectivity index (χ3v) is 3.87. The largest absolute Gasteiger partial charge is 0.457 e. The summed E-state index contributed by atoms with van der Waals surface area (Å²) in [5.41, 5.74) is 4.11. The van der Waals surface area contributed by atoms with Crippen LogP contribution in [0.2, 0.25) is 0 Å². The summed E-state index contributed by atoms with van der Waals surface area (Å²) >= 11 is 0. The molecule has 1 aliphatic carbocycles. The van der Waals surface area contributed by atoms with Crippen molar-refractivity contribution in [3.05, 3.63) is 59.7 Å². The molecule has 0 spiro atoms. The molecule has 2 N–H and O–H groups in total. The summed E-state index contributed by atoms with van der Waals surface area (Å²) in [5.74, 6) is 1.08. The Balaban J connectivity index is 1.79. The number of rotatable bonds is 3. The van der Waals surface area contributed by atoms with Gasteiger partial charge in [0.2, 0.25) is 5.91 Å². The van der Waals surface area contributed by atoms with Gasteiger partial charge >= 0.3 is 0 Å². The number of carbonyl (C=O) groups excluding carboxylic acids is 1. The second-order valence-electron chi connectivity index (χ2n) is 5.26. The average Bonchev–Trinajstić information content (AvgIpc) is 2.54. The second kappa shape index (κ2) is 5.97. The molecule has 4 nitrogen and oxygen atoms in total. The van der Waals surface area contributed by atoms with Crippen LogP contribution in [-0.2, 0) is 17.6 Å². The molecular weight excluding hydrogens is 266 g/mol. The predicted molar refractivity (Wildman–Crippen MR) is 78.4 cm³/mol. The Morgan fingerprint density at radius 1 is 1.10 bits per heavy atom. The normalized spacial score (nSPS) is 16.9. The highest BCUT2D eigenvalue weighted by molar-refractivity contribution is 5.78. The fraction of sp³-hybridized carbons (Fsp3) is 0.235. The molecule has 108 valence electrons. The van der Waals surface area contributed by atoms with Crippen LogP contribution in [0, 0.1) is 5.92 Å². The van der Waals surface area contributed by atoms with E-state index in [0.717, 1.165) is 29.9 Å². The summed E-state index contributed by atoms with van der Waals surface area (Å²) in [4.78, 5) is 11.6. The van der Waals surface area contributed by atoms with Crippen LogP contribution < -0.4 is 10.2 Å². The predicted octanol–water partition coefficient (Wildman–Crippen LogP) is 3.09. The third kappa shape index (κ3) is 3.06. The van der Waals surface area contributed by atoms with Gasteiger partial charge in [-0.1, -0.05) is 24.3 Å². The van der Waals surface area contributed by atoms with Gasteiger partial charge < -0.3 is 4.74 Å². The molecule has 1 amide bonds. The Labute approximate surface area is 123 Å². The van der Waals surface area contributed by atoms with Gasteiger partial charge in [0.05, 0.1) is 0 Å². The highest BCUT2D eigenvalue weighted by atomic mass is 16.5. The molecule has 0 saturated heterocycles. The van der Waals surface area contributed by atoms with E-state index in [0.29, 0.717) is 6.42 Å². The molecule has 4 heteroatoms. The fourth-order valence-electron chi connectivity index (χ4n) is 2.74. The van der Waals surface area contributed by atoms with Crippen molar-refractivity contribution in [1.82, 2.24) is 5.48 Å². The summed E-state index contributed by atoms with van der Waals surface area (Å²) in [6.07, 6.45) is 2.24. The van der Waals surface area contributed by atoms with Gasteiger partial charge in [0.15, 0.2) is 0 Å². The molecule has 1 aliphatic rings. The number of ether oxygens (including phenoxy) is 1. The van der Waals surface area contributed by atoms with E-state index in [1.165, 1.54) is 5.56 Å². The van der Waals surface area contributed by atoms with E-state index in [9.17, 15) is 4.79 Å². The number of hydrogen-bond acceptors (Lipinski definition) is 3.